The second-order valence-corrected chi connectivity index (χ2v) is 13.4. The van der Waals surface area contributed by atoms with Gasteiger partial charge in [-0.2, -0.15) is 0 Å². The van der Waals surface area contributed by atoms with Gasteiger partial charge in [-0.1, -0.05) is 0 Å². The molecule has 1 fully saturated rings. The number of H-pyrrole nitrogens is 1. The Morgan fingerprint density at radius 3 is 2.83 bits per heavy atom. The number of rotatable bonds is 3. The van der Waals surface area contributed by atoms with Gasteiger partial charge in [0.2, 0.25) is 0 Å². The van der Waals surface area contributed by atoms with Crippen LogP contribution in [0.3, 0.4) is 0 Å². The van der Waals surface area contributed by atoms with Gasteiger partial charge in [0.05, 0.1) is 0 Å². The van der Waals surface area contributed by atoms with Gasteiger partial charge in [-0.25, -0.2) is 0 Å². The second kappa shape index (κ2) is 7.33. The summed E-state index contributed by atoms with van der Waals surface area (Å²) in [5.74, 6) is 3.29. The first-order chi connectivity index (χ1) is 16.8. The van der Waals surface area contributed by atoms with Crippen molar-refractivity contribution in [3.63, 3.8) is 0 Å². The molecular formula is C24H16F3IN4O3. The molecule has 4 aromatic rings. The van der Waals surface area contributed by atoms with Crippen molar-refractivity contribution in [1.82, 2.24) is 15.0 Å². The van der Waals surface area contributed by atoms with Crippen LogP contribution >= 0.6 is 20.2 Å². The zero-order chi connectivity index (χ0) is 23.9. The van der Waals surface area contributed by atoms with Crippen LogP contribution in [0.2, 0.25) is 0 Å². The van der Waals surface area contributed by atoms with Gasteiger partial charge in [0, 0.05) is 0 Å². The third kappa shape index (κ3) is 3.43. The zero-order valence-electron chi connectivity index (χ0n) is 17.8. The standard InChI is InChI=1S/C24H16F3IN4O3/c25-24(26,27)11-1-4-15-16(9-11)31-23(30-15)21-20-14-10-12(2-5-18(14)35-28(20)21)34-17-7-8-29-22-13(17)3-6-19(33)32-22/h1-2,4-5,7-10,20-21H,3,6H2,(H,30,31)(H,29,32,33)/t20-,21+/m0/s1. The molecule has 0 unspecified atom stereocenters. The van der Waals surface area contributed by atoms with Crippen molar-refractivity contribution in [2.24, 2.45) is 0 Å². The minimum atomic E-state index is -4.40. The van der Waals surface area contributed by atoms with E-state index >= 15 is 0 Å². The van der Waals surface area contributed by atoms with Crippen LogP contribution < -0.4 is 13.1 Å². The van der Waals surface area contributed by atoms with E-state index in [0.717, 1.165) is 29.0 Å². The predicted octanol–water partition coefficient (Wildman–Crippen LogP) is 6.26. The molecule has 2 atom stereocenters. The van der Waals surface area contributed by atoms with E-state index in [1.807, 2.05) is 18.2 Å². The van der Waals surface area contributed by atoms with Crippen LogP contribution in [-0.4, -0.2) is 20.9 Å². The summed E-state index contributed by atoms with van der Waals surface area (Å²) in [5, 5.41) is 2.77. The summed E-state index contributed by atoms with van der Waals surface area (Å²) in [5.41, 5.74) is 2.11. The van der Waals surface area contributed by atoms with E-state index in [-0.39, 0.29) is 13.8 Å². The number of fused-ring (bicyclic) bond motifs is 5. The van der Waals surface area contributed by atoms with E-state index in [0.29, 0.717) is 47.0 Å². The molecule has 0 saturated carbocycles. The van der Waals surface area contributed by atoms with Gasteiger partial charge in [-0.05, 0) is 0 Å². The van der Waals surface area contributed by atoms with Gasteiger partial charge in [0.25, 0.3) is 0 Å². The van der Waals surface area contributed by atoms with Crippen molar-refractivity contribution in [2.75, 3.05) is 5.32 Å². The fourth-order valence-electron chi connectivity index (χ4n) is 4.57. The number of aromatic nitrogens is 3. The summed E-state index contributed by atoms with van der Waals surface area (Å²) in [4.78, 5) is 23.6. The molecule has 1 saturated heterocycles. The molecule has 5 heterocycles. The number of pyridine rings is 1. The van der Waals surface area contributed by atoms with Crippen molar-refractivity contribution in [3.8, 4) is 17.2 Å². The molecule has 1 amide bonds. The van der Waals surface area contributed by atoms with Gasteiger partial charge in [-0.15, -0.1) is 0 Å². The number of hydrogen-bond donors (Lipinski definition) is 2. The van der Waals surface area contributed by atoms with E-state index in [1.54, 1.807) is 12.3 Å². The fraction of sp³-hybridized carbons (Fsp3) is 0.208. The zero-order valence-corrected chi connectivity index (χ0v) is 20.0. The van der Waals surface area contributed by atoms with Crippen LogP contribution in [0, 0.1) is 0 Å². The number of ether oxygens (including phenoxy) is 1. The Bertz CT molecular complexity index is 1540. The summed E-state index contributed by atoms with van der Waals surface area (Å²) < 4.78 is 51.9. The van der Waals surface area contributed by atoms with Crippen LogP contribution in [0.1, 0.15) is 36.8 Å². The van der Waals surface area contributed by atoms with E-state index in [4.69, 9.17) is 7.80 Å². The third-order valence-corrected chi connectivity index (χ3v) is 11.8. The monoisotopic (exact) mass is 592 g/mol. The van der Waals surface area contributed by atoms with Crippen LogP contribution in [0.25, 0.3) is 11.0 Å². The number of alkyl halides is 5. The number of aromatic amines is 1. The molecule has 3 aliphatic rings. The summed E-state index contributed by atoms with van der Waals surface area (Å²) >= 11 is -1.88. The number of hydrogen-bond acceptors (Lipinski definition) is 5. The molecule has 178 valence electrons. The molecule has 3 aliphatic heterocycles. The van der Waals surface area contributed by atoms with Crippen LogP contribution in [-0.2, 0) is 17.4 Å². The Hall–Kier alpha value is -3.35. The van der Waals surface area contributed by atoms with Crippen LogP contribution in [0.5, 0.6) is 17.2 Å². The molecule has 2 aromatic heterocycles. The second-order valence-electron chi connectivity index (χ2n) is 8.52. The molecule has 0 radical (unpaired) electrons. The SMILES string of the molecule is O=C1CCc2c(Oc3ccc4c(c3)[C@H]3[C@H](c5nc6ccc(C(F)(F)F)cc6[nH]5)I3O4)ccnc2N1. The molecule has 0 aliphatic carbocycles. The summed E-state index contributed by atoms with van der Waals surface area (Å²) in [6.45, 7) is 0. The average molecular weight is 592 g/mol. The number of imidazole rings is 1. The summed E-state index contributed by atoms with van der Waals surface area (Å²) in [6.07, 6.45) is -1.86. The van der Waals surface area contributed by atoms with Gasteiger partial charge in [-0.3, -0.25) is 0 Å². The maximum absolute atomic E-state index is 13.1. The maximum atomic E-state index is 13.1. The predicted molar refractivity (Wildman–Crippen MR) is 129 cm³/mol. The van der Waals surface area contributed by atoms with Crippen molar-refractivity contribution >= 4 is 43.0 Å². The third-order valence-electron chi connectivity index (χ3n) is 6.29. The number of nitrogens with one attached hydrogen (secondary N) is 2. The first kappa shape index (κ1) is 21.0. The quantitative estimate of drug-likeness (QED) is 0.217. The molecular weight excluding hydrogens is 576 g/mol. The molecule has 2 aromatic carbocycles. The number of benzene rings is 2. The normalized spacial score (nSPS) is 21.1. The molecule has 2 N–H and O–H groups in total. The van der Waals surface area contributed by atoms with E-state index in [1.165, 1.54) is 6.07 Å². The van der Waals surface area contributed by atoms with Crippen molar-refractivity contribution < 1.29 is 25.8 Å². The number of halogens is 4. The molecule has 7 nitrogen and oxygen atoms in total. The van der Waals surface area contributed by atoms with Gasteiger partial charge in [0.15, 0.2) is 0 Å². The summed E-state index contributed by atoms with van der Waals surface area (Å²) in [7, 11) is 0. The van der Waals surface area contributed by atoms with Gasteiger partial charge >= 0.3 is 204 Å². The van der Waals surface area contributed by atoms with Gasteiger partial charge < -0.3 is 0 Å². The fourth-order valence-corrected chi connectivity index (χ4v) is 10.6. The molecule has 0 bridgehead atoms. The molecule has 0 spiro atoms. The first-order valence-corrected chi connectivity index (χ1v) is 14.2. The van der Waals surface area contributed by atoms with Crippen molar-refractivity contribution in [2.45, 2.75) is 26.9 Å². The van der Waals surface area contributed by atoms with E-state index in [9.17, 15) is 18.0 Å². The van der Waals surface area contributed by atoms with E-state index < -0.39 is 32.0 Å². The van der Waals surface area contributed by atoms with Crippen molar-refractivity contribution in [3.05, 3.63) is 71.2 Å². The van der Waals surface area contributed by atoms with Crippen LogP contribution in [0.4, 0.5) is 19.0 Å². The number of amides is 1. The average Bonchev–Trinajstić information content (AvgIpc) is 3.18. The Morgan fingerprint density at radius 1 is 1.09 bits per heavy atom. The minimum absolute atomic E-state index is 0.0616. The van der Waals surface area contributed by atoms with Crippen molar-refractivity contribution in [1.29, 1.82) is 0 Å². The topological polar surface area (TPSA) is 89.1 Å². The Balaban J connectivity index is 1.16. The number of nitrogens with zero attached hydrogens (tertiary/aromatic N) is 2. The Kier molecular flexibility index (Phi) is 4.39. The Labute approximate surface area is 204 Å². The summed E-state index contributed by atoms with van der Waals surface area (Å²) in [6, 6.07) is 11.1. The first-order valence-electron chi connectivity index (χ1n) is 10.9. The molecule has 35 heavy (non-hydrogen) atoms. The number of anilines is 1. The van der Waals surface area contributed by atoms with Crippen LogP contribution in [0.15, 0.2) is 48.7 Å². The number of carbonyl (C=O) groups is 1. The molecule has 7 rings (SSSR count). The van der Waals surface area contributed by atoms with Gasteiger partial charge in [0.1, 0.15) is 0 Å². The molecule has 11 heteroatoms. The number of carbonyl (C=O) groups excluding carboxylic acids is 1. The van der Waals surface area contributed by atoms with E-state index in [2.05, 4.69) is 20.3 Å². The Morgan fingerprint density at radius 2 is 1.97 bits per heavy atom.